The van der Waals surface area contributed by atoms with Crippen molar-refractivity contribution in [1.29, 1.82) is 0 Å². The number of aromatic amines is 1. The third-order valence-electron chi connectivity index (χ3n) is 5.89. The second-order valence-electron chi connectivity index (χ2n) is 8.01. The predicted octanol–water partition coefficient (Wildman–Crippen LogP) is 4.73. The van der Waals surface area contributed by atoms with Gasteiger partial charge in [-0.25, -0.2) is 14.4 Å². The van der Waals surface area contributed by atoms with E-state index in [9.17, 15) is 4.39 Å². The molecule has 1 saturated heterocycles. The molecule has 1 aliphatic rings. The van der Waals surface area contributed by atoms with Crippen LogP contribution in [-0.2, 0) is 6.54 Å². The number of nitrogens with one attached hydrogen (secondary N) is 1. The van der Waals surface area contributed by atoms with Crippen molar-refractivity contribution >= 4 is 16.9 Å². The van der Waals surface area contributed by atoms with Crippen LogP contribution in [0.1, 0.15) is 30.0 Å². The Morgan fingerprint density at radius 1 is 1.17 bits per heavy atom. The molecule has 30 heavy (non-hydrogen) atoms. The molecule has 1 atom stereocenters. The lowest BCUT2D eigenvalue weighted by atomic mass is 9.89. The fourth-order valence-corrected chi connectivity index (χ4v) is 4.48. The van der Waals surface area contributed by atoms with Gasteiger partial charge in [-0.3, -0.25) is 4.90 Å². The lowest BCUT2D eigenvalue weighted by Crippen LogP contribution is -2.34. The molecular weight excluding hydrogens is 377 g/mol. The van der Waals surface area contributed by atoms with Gasteiger partial charge in [0.15, 0.2) is 0 Å². The number of aromatic nitrogens is 3. The van der Waals surface area contributed by atoms with Crippen molar-refractivity contribution in [3.8, 4) is 11.1 Å². The van der Waals surface area contributed by atoms with Crippen LogP contribution in [0, 0.1) is 5.82 Å². The third kappa shape index (κ3) is 3.78. The number of fused-ring (bicyclic) bond motifs is 1. The van der Waals surface area contributed by atoms with E-state index < -0.39 is 0 Å². The van der Waals surface area contributed by atoms with Crippen molar-refractivity contribution in [3.63, 3.8) is 0 Å². The zero-order valence-electron chi connectivity index (χ0n) is 16.7. The van der Waals surface area contributed by atoms with E-state index >= 15 is 0 Å². The second kappa shape index (κ2) is 7.88. The van der Waals surface area contributed by atoms with Crippen LogP contribution in [0.5, 0.6) is 0 Å². The molecule has 0 radical (unpaired) electrons. The summed E-state index contributed by atoms with van der Waals surface area (Å²) < 4.78 is 13.8. The number of nitrogens with two attached hydrogens (primary N) is 1. The molecule has 2 aromatic heterocycles. The molecular formula is C24H24FN5. The molecule has 0 amide bonds. The highest BCUT2D eigenvalue weighted by atomic mass is 19.1. The Labute approximate surface area is 174 Å². The SMILES string of the molecule is Nc1ncc(-c2cccc(F)c2)c(C2CCCN(Cc3ccc4[nH]ccc4c3)C2)n1. The summed E-state index contributed by atoms with van der Waals surface area (Å²) in [7, 11) is 0. The van der Waals surface area contributed by atoms with E-state index in [2.05, 4.69) is 44.1 Å². The Morgan fingerprint density at radius 3 is 3.00 bits per heavy atom. The highest BCUT2D eigenvalue weighted by Crippen LogP contribution is 2.34. The number of likely N-dealkylation sites (tertiary alicyclic amines) is 1. The minimum atomic E-state index is -0.263. The summed E-state index contributed by atoms with van der Waals surface area (Å²) in [5.74, 6) is 0.235. The maximum absolute atomic E-state index is 13.8. The summed E-state index contributed by atoms with van der Waals surface area (Å²) in [6.45, 7) is 2.84. The number of H-pyrrole nitrogens is 1. The third-order valence-corrected chi connectivity index (χ3v) is 5.89. The average molecular weight is 401 g/mol. The molecule has 152 valence electrons. The van der Waals surface area contributed by atoms with Gasteiger partial charge >= 0.3 is 0 Å². The summed E-state index contributed by atoms with van der Waals surface area (Å²) in [6, 6.07) is 15.3. The first kappa shape index (κ1) is 18.8. The van der Waals surface area contributed by atoms with Crippen LogP contribution in [0.3, 0.4) is 0 Å². The van der Waals surface area contributed by atoms with E-state index in [0.717, 1.165) is 54.8 Å². The van der Waals surface area contributed by atoms with Crippen molar-refractivity contribution in [2.24, 2.45) is 0 Å². The van der Waals surface area contributed by atoms with Crippen LogP contribution in [0.4, 0.5) is 10.3 Å². The molecule has 0 aliphatic carbocycles. The quantitative estimate of drug-likeness (QED) is 0.519. The summed E-state index contributed by atoms with van der Waals surface area (Å²) in [5, 5.41) is 1.23. The first-order chi connectivity index (χ1) is 14.7. The van der Waals surface area contributed by atoms with E-state index in [4.69, 9.17) is 5.73 Å². The van der Waals surface area contributed by atoms with E-state index in [1.165, 1.54) is 23.1 Å². The molecule has 3 N–H and O–H groups in total. The average Bonchev–Trinajstić information content (AvgIpc) is 3.22. The van der Waals surface area contributed by atoms with Crippen molar-refractivity contribution in [2.75, 3.05) is 18.8 Å². The smallest absolute Gasteiger partial charge is 0.220 e. The molecule has 4 aromatic rings. The van der Waals surface area contributed by atoms with Gasteiger partial charge < -0.3 is 10.7 Å². The van der Waals surface area contributed by atoms with Crippen LogP contribution in [0.25, 0.3) is 22.0 Å². The lowest BCUT2D eigenvalue weighted by Gasteiger charge is -2.33. The van der Waals surface area contributed by atoms with Gasteiger partial charge in [0.25, 0.3) is 0 Å². The first-order valence-corrected chi connectivity index (χ1v) is 10.3. The zero-order valence-corrected chi connectivity index (χ0v) is 16.7. The molecule has 5 nitrogen and oxygen atoms in total. The van der Waals surface area contributed by atoms with Crippen LogP contribution < -0.4 is 5.73 Å². The van der Waals surface area contributed by atoms with Gasteiger partial charge in [0.05, 0.1) is 5.69 Å². The predicted molar refractivity (Wildman–Crippen MR) is 117 cm³/mol. The number of piperidine rings is 1. The Bertz CT molecular complexity index is 1190. The van der Waals surface area contributed by atoms with Crippen LogP contribution in [-0.4, -0.2) is 32.9 Å². The number of rotatable bonds is 4. The first-order valence-electron chi connectivity index (χ1n) is 10.3. The lowest BCUT2D eigenvalue weighted by molar-refractivity contribution is 0.199. The van der Waals surface area contributed by atoms with Crippen LogP contribution in [0.2, 0.25) is 0 Å². The minimum Gasteiger partial charge on any atom is -0.368 e. The molecule has 1 unspecified atom stereocenters. The number of nitrogen functional groups attached to an aromatic ring is 1. The molecule has 5 rings (SSSR count). The Balaban J connectivity index is 1.41. The largest absolute Gasteiger partial charge is 0.368 e. The van der Waals surface area contributed by atoms with E-state index in [0.29, 0.717) is 0 Å². The Morgan fingerprint density at radius 2 is 2.10 bits per heavy atom. The molecule has 6 heteroatoms. The van der Waals surface area contributed by atoms with Gasteiger partial charge in [0, 0.05) is 42.5 Å². The molecule has 3 heterocycles. The number of hydrogen-bond donors (Lipinski definition) is 2. The van der Waals surface area contributed by atoms with Gasteiger partial charge in [0.1, 0.15) is 5.82 Å². The van der Waals surface area contributed by atoms with Crippen LogP contribution >= 0.6 is 0 Å². The van der Waals surface area contributed by atoms with E-state index in [-0.39, 0.29) is 17.7 Å². The van der Waals surface area contributed by atoms with Crippen molar-refractivity contribution in [3.05, 3.63) is 78.0 Å². The molecule has 0 spiro atoms. The highest BCUT2D eigenvalue weighted by Gasteiger charge is 2.25. The summed E-state index contributed by atoms with van der Waals surface area (Å²) in [4.78, 5) is 14.5. The fourth-order valence-electron chi connectivity index (χ4n) is 4.48. The van der Waals surface area contributed by atoms with Gasteiger partial charge in [-0.1, -0.05) is 18.2 Å². The minimum absolute atomic E-state index is 0.235. The fraction of sp³-hybridized carbons (Fsp3) is 0.250. The van der Waals surface area contributed by atoms with Crippen LogP contribution in [0.15, 0.2) is 60.9 Å². The van der Waals surface area contributed by atoms with E-state index in [1.54, 1.807) is 12.3 Å². The zero-order chi connectivity index (χ0) is 20.5. The number of anilines is 1. The molecule has 0 saturated carbocycles. The van der Waals surface area contributed by atoms with Crippen molar-refractivity contribution < 1.29 is 4.39 Å². The summed E-state index contributed by atoms with van der Waals surface area (Å²) >= 11 is 0. The summed E-state index contributed by atoms with van der Waals surface area (Å²) in [6.07, 6.45) is 5.82. The molecule has 1 fully saturated rings. The van der Waals surface area contributed by atoms with Gasteiger partial charge in [-0.2, -0.15) is 0 Å². The van der Waals surface area contributed by atoms with Crippen molar-refractivity contribution in [2.45, 2.75) is 25.3 Å². The summed E-state index contributed by atoms with van der Waals surface area (Å²) in [5.41, 5.74) is 11.0. The topological polar surface area (TPSA) is 70.8 Å². The van der Waals surface area contributed by atoms with E-state index in [1.807, 2.05) is 12.3 Å². The number of benzene rings is 2. The maximum atomic E-state index is 13.8. The Kier molecular flexibility index (Phi) is 4.93. The molecule has 1 aliphatic heterocycles. The van der Waals surface area contributed by atoms with Gasteiger partial charge in [-0.15, -0.1) is 0 Å². The molecule has 2 aromatic carbocycles. The second-order valence-corrected chi connectivity index (χ2v) is 8.01. The number of nitrogens with zero attached hydrogens (tertiary/aromatic N) is 3. The van der Waals surface area contributed by atoms with Crippen molar-refractivity contribution in [1.82, 2.24) is 19.9 Å². The van der Waals surface area contributed by atoms with Gasteiger partial charge in [0.2, 0.25) is 5.95 Å². The maximum Gasteiger partial charge on any atom is 0.220 e. The van der Waals surface area contributed by atoms with Gasteiger partial charge in [-0.05, 0) is 66.2 Å². The standard InChI is InChI=1S/C24H24FN5/c25-20-5-1-3-17(12-20)21-13-28-24(26)29-23(21)19-4-2-10-30(15-19)14-16-6-7-22-18(11-16)8-9-27-22/h1,3,5-9,11-13,19,27H,2,4,10,14-15H2,(H2,26,28,29). The normalized spacial score (nSPS) is 17.4. The molecule has 0 bridgehead atoms. The number of hydrogen-bond acceptors (Lipinski definition) is 4. The monoisotopic (exact) mass is 401 g/mol. The Hall–Kier alpha value is -3.25. The number of halogens is 1. The highest BCUT2D eigenvalue weighted by molar-refractivity contribution is 5.79.